The van der Waals surface area contributed by atoms with Crippen molar-refractivity contribution in [1.29, 1.82) is 0 Å². The van der Waals surface area contributed by atoms with E-state index < -0.39 is 10.0 Å². The van der Waals surface area contributed by atoms with Gasteiger partial charge in [0.2, 0.25) is 10.0 Å². The highest BCUT2D eigenvalue weighted by Gasteiger charge is 2.14. The van der Waals surface area contributed by atoms with Crippen molar-refractivity contribution < 1.29 is 12.9 Å². The number of nitrogens with zero attached hydrogens (tertiary/aromatic N) is 3. The Kier molecular flexibility index (Phi) is 6.68. The van der Waals surface area contributed by atoms with E-state index in [-0.39, 0.29) is 29.7 Å². The lowest BCUT2D eigenvalue weighted by Gasteiger charge is -2.15. The lowest BCUT2D eigenvalue weighted by atomic mass is 10.5. The fraction of sp³-hybridized carbons (Fsp3) is 0.600. The van der Waals surface area contributed by atoms with E-state index in [0.29, 0.717) is 18.8 Å². The second kappa shape index (κ2) is 7.78. The standard InChI is InChI=1S/C10H17N5O3S.HI/c1-15-6-5-12-10(15)11-3-4-13-19(16,17)8-9-2-7-18-14-9;/h2,7,13H,3-6,8H2,1H3,(H,11,12);1H. The summed E-state index contributed by atoms with van der Waals surface area (Å²) >= 11 is 0. The van der Waals surface area contributed by atoms with Gasteiger partial charge in [0, 0.05) is 32.7 Å². The topological polar surface area (TPSA) is 99.8 Å². The van der Waals surface area contributed by atoms with Gasteiger partial charge in [0.15, 0.2) is 5.96 Å². The van der Waals surface area contributed by atoms with Crippen LogP contribution in [0, 0.1) is 0 Å². The molecule has 1 aliphatic rings. The highest BCUT2D eigenvalue weighted by molar-refractivity contribution is 14.0. The van der Waals surface area contributed by atoms with Crippen LogP contribution in [-0.2, 0) is 15.8 Å². The van der Waals surface area contributed by atoms with Crippen LogP contribution < -0.4 is 10.0 Å². The van der Waals surface area contributed by atoms with Gasteiger partial charge in [-0.2, -0.15) is 0 Å². The molecule has 2 rings (SSSR count). The van der Waals surface area contributed by atoms with Crippen LogP contribution in [0.3, 0.4) is 0 Å². The van der Waals surface area contributed by atoms with E-state index in [0.717, 1.165) is 19.0 Å². The van der Waals surface area contributed by atoms with Crippen molar-refractivity contribution >= 4 is 40.0 Å². The second-order valence-electron chi connectivity index (χ2n) is 4.20. The first kappa shape index (κ1) is 17.2. The van der Waals surface area contributed by atoms with E-state index in [2.05, 4.69) is 24.7 Å². The number of sulfonamides is 1. The fourth-order valence-electron chi connectivity index (χ4n) is 1.66. The van der Waals surface area contributed by atoms with Crippen LogP contribution in [0.4, 0.5) is 0 Å². The zero-order chi connectivity index (χ0) is 13.7. The summed E-state index contributed by atoms with van der Waals surface area (Å²) in [6, 6.07) is 1.53. The summed E-state index contributed by atoms with van der Waals surface area (Å²) in [5.41, 5.74) is 0.389. The molecule has 0 radical (unpaired) electrons. The van der Waals surface area contributed by atoms with Gasteiger partial charge in [-0.15, -0.1) is 24.0 Å². The molecule has 1 aromatic rings. The van der Waals surface area contributed by atoms with Crippen LogP contribution in [-0.4, -0.2) is 57.7 Å². The van der Waals surface area contributed by atoms with Crippen LogP contribution in [0.5, 0.6) is 0 Å². The Labute approximate surface area is 135 Å². The predicted molar refractivity (Wildman–Crippen MR) is 85.5 cm³/mol. The van der Waals surface area contributed by atoms with Gasteiger partial charge in [0.25, 0.3) is 0 Å². The number of rotatable bonds is 6. The average molecular weight is 415 g/mol. The van der Waals surface area contributed by atoms with Gasteiger partial charge < -0.3 is 14.7 Å². The molecule has 1 aliphatic heterocycles. The second-order valence-corrected chi connectivity index (χ2v) is 6.00. The zero-order valence-corrected chi connectivity index (χ0v) is 14.2. The SMILES string of the molecule is CN1CCN=C1NCCNS(=O)(=O)Cc1ccon1.I. The molecule has 0 unspecified atom stereocenters. The molecule has 2 heterocycles. The first-order valence-electron chi connectivity index (χ1n) is 5.93. The molecule has 0 spiro atoms. The molecule has 1 aromatic heterocycles. The molecule has 0 atom stereocenters. The molecule has 2 N–H and O–H groups in total. The minimum absolute atomic E-state index is 0. The number of aliphatic imine (C=N–C) groups is 1. The van der Waals surface area contributed by atoms with Crippen LogP contribution in [0.2, 0.25) is 0 Å². The summed E-state index contributed by atoms with van der Waals surface area (Å²) in [6.07, 6.45) is 1.35. The van der Waals surface area contributed by atoms with Gasteiger partial charge in [-0.05, 0) is 0 Å². The third-order valence-electron chi connectivity index (χ3n) is 2.62. The number of hydrogen-bond acceptors (Lipinski definition) is 7. The van der Waals surface area contributed by atoms with Gasteiger partial charge in [0.1, 0.15) is 12.0 Å². The Morgan fingerprint density at radius 1 is 1.45 bits per heavy atom. The van der Waals surface area contributed by atoms with E-state index in [1.54, 1.807) is 0 Å². The fourth-order valence-corrected chi connectivity index (χ4v) is 2.72. The molecule has 8 nitrogen and oxygen atoms in total. The van der Waals surface area contributed by atoms with E-state index in [4.69, 9.17) is 0 Å². The third kappa shape index (κ3) is 5.25. The molecule has 114 valence electrons. The zero-order valence-electron chi connectivity index (χ0n) is 11.1. The first-order valence-corrected chi connectivity index (χ1v) is 7.58. The average Bonchev–Trinajstić information content (AvgIpc) is 2.96. The monoisotopic (exact) mass is 415 g/mol. The maximum Gasteiger partial charge on any atom is 0.217 e. The molecule has 0 fully saturated rings. The van der Waals surface area contributed by atoms with Gasteiger partial charge in [-0.1, -0.05) is 5.16 Å². The smallest absolute Gasteiger partial charge is 0.217 e. The Morgan fingerprint density at radius 2 is 2.25 bits per heavy atom. The van der Waals surface area contributed by atoms with Gasteiger partial charge in [-0.3, -0.25) is 4.99 Å². The molecule has 0 bridgehead atoms. The number of guanidine groups is 1. The van der Waals surface area contributed by atoms with Gasteiger partial charge in [0.05, 0.1) is 12.2 Å². The summed E-state index contributed by atoms with van der Waals surface area (Å²) in [7, 11) is -1.44. The minimum Gasteiger partial charge on any atom is -0.364 e. The summed E-state index contributed by atoms with van der Waals surface area (Å²) in [4.78, 5) is 6.23. The number of halogens is 1. The summed E-state index contributed by atoms with van der Waals surface area (Å²) in [5, 5.41) is 6.64. The van der Waals surface area contributed by atoms with E-state index in [1.807, 2.05) is 11.9 Å². The van der Waals surface area contributed by atoms with Crippen LogP contribution >= 0.6 is 24.0 Å². The van der Waals surface area contributed by atoms with Crippen molar-refractivity contribution in [3.8, 4) is 0 Å². The lowest BCUT2D eigenvalue weighted by molar-refractivity contribution is 0.413. The number of likely N-dealkylation sites (N-methyl/N-ethyl adjacent to an activating group) is 1. The maximum absolute atomic E-state index is 11.7. The quantitative estimate of drug-likeness (QED) is 0.485. The third-order valence-corrected chi connectivity index (χ3v) is 3.94. The number of aromatic nitrogens is 1. The number of hydrogen-bond donors (Lipinski definition) is 2. The van der Waals surface area contributed by atoms with Crippen molar-refractivity contribution in [1.82, 2.24) is 20.1 Å². The first-order chi connectivity index (χ1) is 9.07. The normalized spacial score (nSPS) is 14.8. The molecule has 0 amide bonds. The Bertz CT molecular complexity index is 531. The maximum atomic E-state index is 11.7. The van der Waals surface area contributed by atoms with E-state index >= 15 is 0 Å². The number of nitrogens with one attached hydrogen (secondary N) is 2. The van der Waals surface area contributed by atoms with Crippen LogP contribution in [0.1, 0.15) is 5.69 Å². The van der Waals surface area contributed by atoms with Crippen molar-refractivity contribution in [2.45, 2.75) is 5.75 Å². The lowest BCUT2D eigenvalue weighted by Crippen LogP contribution is -2.40. The summed E-state index contributed by atoms with van der Waals surface area (Å²) < 4.78 is 30.5. The van der Waals surface area contributed by atoms with Gasteiger partial charge in [-0.25, -0.2) is 13.1 Å². The van der Waals surface area contributed by atoms with Crippen LogP contribution in [0.15, 0.2) is 21.8 Å². The van der Waals surface area contributed by atoms with Crippen LogP contribution in [0.25, 0.3) is 0 Å². The Hall–Kier alpha value is -0.880. The van der Waals surface area contributed by atoms with Crippen molar-refractivity contribution in [3.63, 3.8) is 0 Å². The van der Waals surface area contributed by atoms with Gasteiger partial charge >= 0.3 is 0 Å². The summed E-state index contributed by atoms with van der Waals surface area (Å²) in [5.74, 6) is 0.625. The summed E-state index contributed by atoms with van der Waals surface area (Å²) in [6.45, 7) is 2.45. The molecule has 10 heteroatoms. The Balaban J connectivity index is 0.00000200. The largest absolute Gasteiger partial charge is 0.364 e. The van der Waals surface area contributed by atoms with Crippen molar-refractivity contribution in [2.24, 2.45) is 4.99 Å². The minimum atomic E-state index is -3.38. The Morgan fingerprint density at radius 3 is 2.85 bits per heavy atom. The molecule has 20 heavy (non-hydrogen) atoms. The van der Waals surface area contributed by atoms with E-state index in [1.165, 1.54) is 12.3 Å². The molecule has 0 saturated carbocycles. The molecule has 0 aliphatic carbocycles. The van der Waals surface area contributed by atoms with E-state index in [9.17, 15) is 8.42 Å². The molecule has 0 aromatic carbocycles. The van der Waals surface area contributed by atoms with Crippen molar-refractivity contribution in [2.75, 3.05) is 33.2 Å². The molecule has 0 saturated heterocycles. The molecular weight excluding hydrogens is 397 g/mol. The highest BCUT2D eigenvalue weighted by Crippen LogP contribution is 2.00. The predicted octanol–water partition coefficient (Wildman–Crippen LogP) is -0.397. The van der Waals surface area contributed by atoms with Crippen molar-refractivity contribution in [3.05, 3.63) is 18.0 Å². The molecular formula is C10H18IN5O3S. The highest BCUT2D eigenvalue weighted by atomic mass is 127.